The van der Waals surface area contributed by atoms with Crippen molar-refractivity contribution in [1.82, 2.24) is 5.32 Å². The Bertz CT molecular complexity index is 679. The maximum Gasteiger partial charge on any atom is 0.161 e. The van der Waals surface area contributed by atoms with E-state index in [1.807, 2.05) is 12.1 Å². The molecule has 2 rings (SSSR count). The van der Waals surface area contributed by atoms with Gasteiger partial charge in [-0.15, -0.1) is 0 Å². The standard InChI is InChI=1S/C21H29NO3/c1-14-8-7-9-15(2)21(14)25-13-16(3)22-17(4)18-10-11-19(23-5)20(12-18)24-6/h7-12,16-17,22H,13H2,1-6H3. The fourth-order valence-corrected chi connectivity index (χ4v) is 2.93. The van der Waals surface area contributed by atoms with E-state index in [1.165, 1.54) is 11.1 Å². The number of hydrogen-bond donors (Lipinski definition) is 1. The molecule has 0 heterocycles. The van der Waals surface area contributed by atoms with Crippen LogP contribution in [-0.2, 0) is 0 Å². The second-order valence-corrected chi connectivity index (χ2v) is 6.44. The third kappa shape index (κ3) is 4.89. The number of nitrogens with one attached hydrogen (secondary N) is 1. The average molecular weight is 343 g/mol. The zero-order valence-corrected chi connectivity index (χ0v) is 16.1. The minimum atomic E-state index is 0.177. The molecule has 0 aliphatic heterocycles. The van der Waals surface area contributed by atoms with Crippen LogP contribution < -0.4 is 19.5 Å². The number of methoxy groups -OCH3 is 2. The normalized spacial score (nSPS) is 13.2. The van der Waals surface area contributed by atoms with E-state index in [0.29, 0.717) is 6.61 Å². The van der Waals surface area contributed by atoms with Gasteiger partial charge >= 0.3 is 0 Å². The van der Waals surface area contributed by atoms with Crippen molar-refractivity contribution in [2.75, 3.05) is 20.8 Å². The van der Waals surface area contributed by atoms with Crippen LogP contribution in [0, 0.1) is 13.8 Å². The maximum atomic E-state index is 6.04. The largest absolute Gasteiger partial charge is 0.493 e. The molecule has 2 aromatic carbocycles. The molecule has 0 saturated carbocycles. The SMILES string of the molecule is COc1ccc(C(C)NC(C)COc2c(C)cccc2C)cc1OC. The molecule has 4 heteroatoms. The first kappa shape index (κ1) is 19.1. The lowest BCUT2D eigenvalue weighted by Crippen LogP contribution is -2.34. The number of rotatable bonds is 8. The molecule has 0 aliphatic carbocycles. The molecule has 1 N–H and O–H groups in total. The first-order valence-electron chi connectivity index (χ1n) is 8.63. The van der Waals surface area contributed by atoms with Crippen LogP contribution in [0.2, 0.25) is 0 Å². The molecule has 2 unspecified atom stereocenters. The summed E-state index contributed by atoms with van der Waals surface area (Å²) in [5.41, 5.74) is 3.48. The van der Waals surface area contributed by atoms with Gasteiger partial charge in [-0.25, -0.2) is 0 Å². The van der Waals surface area contributed by atoms with Crippen LogP contribution in [0.15, 0.2) is 36.4 Å². The second-order valence-electron chi connectivity index (χ2n) is 6.44. The molecule has 0 aromatic heterocycles. The Labute approximate surface area is 151 Å². The topological polar surface area (TPSA) is 39.7 Å². The summed E-state index contributed by atoms with van der Waals surface area (Å²) in [4.78, 5) is 0. The van der Waals surface area contributed by atoms with Gasteiger partial charge in [0.1, 0.15) is 12.4 Å². The van der Waals surface area contributed by atoms with E-state index in [4.69, 9.17) is 14.2 Å². The summed E-state index contributed by atoms with van der Waals surface area (Å²) in [5, 5.41) is 3.57. The van der Waals surface area contributed by atoms with Gasteiger partial charge in [0.2, 0.25) is 0 Å². The van der Waals surface area contributed by atoms with E-state index in [1.54, 1.807) is 14.2 Å². The molecule has 0 bridgehead atoms. The monoisotopic (exact) mass is 343 g/mol. The minimum Gasteiger partial charge on any atom is -0.493 e. The van der Waals surface area contributed by atoms with E-state index < -0.39 is 0 Å². The molecule has 0 amide bonds. The van der Waals surface area contributed by atoms with Crippen molar-refractivity contribution in [3.05, 3.63) is 53.1 Å². The number of para-hydroxylation sites is 1. The lowest BCUT2D eigenvalue weighted by molar-refractivity contribution is 0.261. The molecule has 0 aliphatic rings. The van der Waals surface area contributed by atoms with Crippen molar-refractivity contribution in [2.45, 2.75) is 39.8 Å². The van der Waals surface area contributed by atoms with Gasteiger partial charge in [-0.3, -0.25) is 0 Å². The molecular weight excluding hydrogens is 314 g/mol. The maximum absolute atomic E-state index is 6.04. The van der Waals surface area contributed by atoms with Gasteiger partial charge in [-0.2, -0.15) is 0 Å². The first-order chi connectivity index (χ1) is 12.0. The highest BCUT2D eigenvalue weighted by Gasteiger charge is 2.14. The second kappa shape index (κ2) is 8.77. The molecule has 2 aromatic rings. The van der Waals surface area contributed by atoms with Crippen molar-refractivity contribution in [2.24, 2.45) is 0 Å². The van der Waals surface area contributed by atoms with Crippen molar-refractivity contribution in [3.8, 4) is 17.2 Å². The van der Waals surface area contributed by atoms with E-state index in [-0.39, 0.29) is 12.1 Å². The Hall–Kier alpha value is -2.20. The van der Waals surface area contributed by atoms with Gasteiger partial charge in [-0.05, 0) is 56.5 Å². The third-order valence-electron chi connectivity index (χ3n) is 4.33. The molecule has 25 heavy (non-hydrogen) atoms. The van der Waals surface area contributed by atoms with Crippen LogP contribution in [0.5, 0.6) is 17.2 Å². The summed E-state index contributed by atoms with van der Waals surface area (Å²) < 4.78 is 16.7. The molecule has 136 valence electrons. The summed E-state index contributed by atoms with van der Waals surface area (Å²) in [6.45, 7) is 9.03. The number of benzene rings is 2. The van der Waals surface area contributed by atoms with Gasteiger partial charge < -0.3 is 19.5 Å². The molecular formula is C21H29NO3. The van der Waals surface area contributed by atoms with Gasteiger partial charge in [0.25, 0.3) is 0 Å². The van der Waals surface area contributed by atoms with E-state index in [2.05, 4.69) is 57.3 Å². The summed E-state index contributed by atoms with van der Waals surface area (Å²) in [7, 11) is 3.30. The van der Waals surface area contributed by atoms with Crippen LogP contribution in [-0.4, -0.2) is 26.9 Å². The Kier molecular flexibility index (Phi) is 6.71. The van der Waals surface area contributed by atoms with E-state index in [0.717, 1.165) is 22.8 Å². The van der Waals surface area contributed by atoms with Crippen molar-refractivity contribution in [1.29, 1.82) is 0 Å². The zero-order valence-electron chi connectivity index (χ0n) is 16.1. The molecule has 0 fully saturated rings. The zero-order chi connectivity index (χ0) is 18.4. The highest BCUT2D eigenvalue weighted by molar-refractivity contribution is 5.43. The number of aryl methyl sites for hydroxylation is 2. The fourth-order valence-electron chi connectivity index (χ4n) is 2.93. The molecule has 0 spiro atoms. The van der Waals surface area contributed by atoms with E-state index in [9.17, 15) is 0 Å². The summed E-state index contributed by atoms with van der Waals surface area (Å²) in [5.74, 6) is 2.47. The van der Waals surface area contributed by atoms with Crippen molar-refractivity contribution < 1.29 is 14.2 Å². The predicted octanol–water partition coefficient (Wildman–Crippen LogP) is 4.44. The molecule has 0 radical (unpaired) electrons. The van der Waals surface area contributed by atoms with Gasteiger partial charge in [0, 0.05) is 12.1 Å². The number of ether oxygens (including phenoxy) is 3. The van der Waals surface area contributed by atoms with Gasteiger partial charge in [-0.1, -0.05) is 24.3 Å². The summed E-state index contributed by atoms with van der Waals surface area (Å²) in [6.07, 6.45) is 0. The highest BCUT2D eigenvalue weighted by atomic mass is 16.5. The minimum absolute atomic E-state index is 0.177. The third-order valence-corrected chi connectivity index (χ3v) is 4.33. The van der Waals surface area contributed by atoms with E-state index >= 15 is 0 Å². The lowest BCUT2D eigenvalue weighted by Gasteiger charge is -2.22. The van der Waals surface area contributed by atoms with Gasteiger partial charge in [0.05, 0.1) is 14.2 Å². The average Bonchev–Trinajstić information content (AvgIpc) is 2.60. The quantitative estimate of drug-likeness (QED) is 0.769. The highest BCUT2D eigenvalue weighted by Crippen LogP contribution is 2.30. The Morgan fingerprint density at radius 2 is 1.56 bits per heavy atom. The van der Waals surface area contributed by atoms with Crippen LogP contribution in [0.4, 0.5) is 0 Å². The van der Waals surface area contributed by atoms with Crippen LogP contribution in [0.3, 0.4) is 0 Å². The smallest absolute Gasteiger partial charge is 0.161 e. The summed E-state index contributed by atoms with van der Waals surface area (Å²) in [6, 6.07) is 12.6. The summed E-state index contributed by atoms with van der Waals surface area (Å²) >= 11 is 0. The fraction of sp³-hybridized carbons (Fsp3) is 0.429. The van der Waals surface area contributed by atoms with Crippen molar-refractivity contribution >= 4 is 0 Å². The Balaban J connectivity index is 1.97. The van der Waals surface area contributed by atoms with Gasteiger partial charge in [0.15, 0.2) is 11.5 Å². The molecule has 0 saturated heterocycles. The first-order valence-corrected chi connectivity index (χ1v) is 8.63. The Morgan fingerprint density at radius 1 is 0.920 bits per heavy atom. The molecule has 4 nitrogen and oxygen atoms in total. The van der Waals surface area contributed by atoms with Crippen LogP contribution in [0.1, 0.15) is 36.6 Å². The van der Waals surface area contributed by atoms with Crippen LogP contribution in [0.25, 0.3) is 0 Å². The predicted molar refractivity (Wildman–Crippen MR) is 102 cm³/mol. The van der Waals surface area contributed by atoms with Crippen LogP contribution >= 0.6 is 0 Å². The molecule has 2 atom stereocenters. The van der Waals surface area contributed by atoms with Crippen molar-refractivity contribution in [3.63, 3.8) is 0 Å². The number of hydrogen-bond acceptors (Lipinski definition) is 4. The Morgan fingerprint density at radius 3 is 2.16 bits per heavy atom. The lowest BCUT2D eigenvalue weighted by atomic mass is 10.1.